The first kappa shape index (κ1) is 28.1. The Balaban J connectivity index is -0.000000328. The van der Waals surface area contributed by atoms with Crippen molar-refractivity contribution >= 4 is 29.5 Å². The SMILES string of the molecule is CCCC(=O)/C=C(\O)C(=O)OC.CCCC(C)=O.COC(=O)C(=O)OC. The van der Waals surface area contributed by atoms with E-state index in [9.17, 15) is 24.0 Å². The van der Waals surface area contributed by atoms with E-state index in [4.69, 9.17) is 5.11 Å². The summed E-state index contributed by atoms with van der Waals surface area (Å²) >= 11 is 0. The minimum Gasteiger partial charge on any atom is -0.502 e. The lowest BCUT2D eigenvalue weighted by molar-refractivity contribution is -0.164. The van der Waals surface area contributed by atoms with E-state index in [0.29, 0.717) is 12.8 Å². The van der Waals surface area contributed by atoms with Gasteiger partial charge in [0.05, 0.1) is 21.3 Å². The highest BCUT2D eigenvalue weighted by Gasteiger charge is 2.12. The van der Waals surface area contributed by atoms with Crippen LogP contribution in [0.5, 0.6) is 0 Å². The highest BCUT2D eigenvalue weighted by atomic mass is 16.6. The Hall–Kier alpha value is -2.71. The van der Waals surface area contributed by atoms with Crippen molar-refractivity contribution in [1.82, 2.24) is 0 Å². The maximum Gasteiger partial charge on any atom is 0.417 e. The highest BCUT2D eigenvalue weighted by Crippen LogP contribution is 1.96. The molecule has 0 aromatic heterocycles. The van der Waals surface area contributed by atoms with Crippen LogP contribution in [-0.4, -0.2) is 55.9 Å². The molecule has 0 aromatic carbocycles. The Labute approximate surface area is 153 Å². The second-order valence-electron chi connectivity index (χ2n) is 4.67. The molecule has 0 saturated carbocycles. The summed E-state index contributed by atoms with van der Waals surface area (Å²) in [5.41, 5.74) is 0. The number of esters is 3. The Morgan fingerprint density at radius 3 is 1.38 bits per heavy atom. The molecule has 0 saturated heterocycles. The first-order chi connectivity index (χ1) is 12.1. The number of rotatable bonds is 6. The van der Waals surface area contributed by atoms with Gasteiger partial charge >= 0.3 is 17.9 Å². The molecule has 0 rings (SSSR count). The van der Waals surface area contributed by atoms with Crippen LogP contribution in [-0.2, 0) is 38.2 Å². The molecule has 0 atom stereocenters. The van der Waals surface area contributed by atoms with Crippen molar-refractivity contribution in [3.63, 3.8) is 0 Å². The fourth-order valence-corrected chi connectivity index (χ4v) is 1.15. The zero-order chi connectivity index (χ0) is 21.1. The fourth-order valence-electron chi connectivity index (χ4n) is 1.15. The maximum absolute atomic E-state index is 10.8. The van der Waals surface area contributed by atoms with Gasteiger partial charge in [-0.15, -0.1) is 0 Å². The molecule has 0 spiro atoms. The molecular formula is C17H28O9. The number of Topliss-reactive ketones (excluding diaryl/α,β-unsaturated/α-hetero) is 1. The van der Waals surface area contributed by atoms with Crippen LogP contribution in [0.15, 0.2) is 11.8 Å². The Morgan fingerprint density at radius 1 is 0.769 bits per heavy atom. The standard InChI is InChI=1S/C8H12O4.C5H10O.C4H6O4/c1-3-4-6(9)5-7(10)8(11)12-2;1-3-4-5(2)6;1-7-3(5)4(6)8-2/h5,10H,3-4H2,1-2H3;3-4H2,1-2H3;1-2H3/b7-5-;;. The molecule has 9 heteroatoms. The number of carbonyl (C=O) groups excluding carboxylic acids is 5. The summed E-state index contributed by atoms with van der Waals surface area (Å²) in [5.74, 6) is -3.48. The van der Waals surface area contributed by atoms with Crippen LogP contribution in [0.25, 0.3) is 0 Å². The summed E-state index contributed by atoms with van der Waals surface area (Å²) in [6, 6.07) is 0. The molecule has 0 amide bonds. The van der Waals surface area contributed by atoms with E-state index in [1.807, 2.05) is 13.8 Å². The lowest BCUT2D eigenvalue weighted by Gasteiger charge is -1.95. The Bertz CT molecular complexity index is 478. The van der Waals surface area contributed by atoms with Gasteiger partial charge in [-0.3, -0.25) is 4.79 Å². The van der Waals surface area contributed by atoms with Gasteiger partial charge in [-0.05, 0) is 19.8 Å². The Morgan fingerprint density at radius 2 is 1.15 bits per heavy atom. The number of aliphatic hydroxyl groups is 1. The smallest absolute Gasteiger partial charge is 0.417 e. The predicted molar refractivity (Wildman–Crippen MR) is 92.3 cm³/mol. The molecule has 0 bridgehead atoms. The van der Waals surface area contributed by atoms with E-state index < -0.39 is 23.7 Å². The van der Waals surface area contributed by atoms with Crippen molar-refractivity contribution < 1.29 is 43.3 Å². The molecule has 0 aliphatic heterocycles. The van der Waals surface area contributed by atoms with E-state index in [1.54, 1.807) is 6.92 Å². The molecule has 0 aliphatic carbocycles. The number of hydrogen-bond donors (Lipinski definition) is 1. The summed E-state index contributed by atoms with van der Waals surface area (Å²) in [6.07, 6.45) is 3.61. The van der Waals surface area contributed by atoms with Crippen LogP contribution in [0.3, 0.4) is 0 Å². The van der Waals surface area contributed by atoms with E-state index in [0.717, 1.165) is 40.2 Å². The van der Waals surface area contributed by atoms with Gasteiger partial charge < -0.3 is 24.1 Å². The summed E-state index contributed by atoms with van der Waals surface area (Å²) in [5, 5.41) is 8.88. The van der Waals surface area contributed by atoms with Crippen LogP contribution < -0.4 is 0 Å². The zero-order valence-electron chi connectivity index (χ0n) is 16.1. The van der Waals surface area contributed by atoms with Crippen molar-refractivity contribution in [2.45, 2.75) is 46.5 Å². The number of hydrogen-bond acceptors (Lipinski definition) is 9. The lowest BCUT2D eigenvalue weighted by atomic mass is 10.2. The summed E-state index contributed by atoms with van der Waals surface area (Å²) < 4.78 is 12.2. The van der Waals surface area contributed by atoms with Crippen LogP contribution >= 0.6 is 0 Å². The molecule has 1 N–H and O–H groups in total. The molecule has 0 heterocycles. The molecular weight excluding hydrogens is 348 g/mol. The minimum atomic E-state index is -0.979. The normalized spacial score (nSPS) is 9.38. The average molecular weight is 376 g/mol. The number of ether oxygens (including phenoxy) is 3. The second-order valence-corrected chi connectivity index (χ2v) is 4.67. The third-order valence-electron chi connectivity index (χ3n) is 2.33. The topological polar surface area (TPSA) is 133 Å². The predicted octanol–water partition coefficient (Wildman–Crippen LogP) is 1.68. The summed E-state index contributed by atoms with van der Waals surface area (Å²) in [6.45, 7) is 5.45. The Kier molecular flexibility index (Phi) is 20.1. The van der Waals surface area contributed by atoms with Crippen molar-refractivity contribution in [3.8, 4) is 0 Å². The van der Waals surface area contributed by atoms with Crippen molar-refractivity contribution in [1.29, 1.82) is 0 Å². The second kappa shape index (κ2) is 18.6. The minimum absolute atomic E-state index is 0.277. The third-order valence-corrected chi connectivity index (χ3v) is 2.33. The van der Waals surface area contributed by atoms with Crippen LogP contribution in [0.2, 0.25) is 0 Å². The molecule has 0 aliphatic rings. The zero-order valence-corrected chi connectivity index (χ0v) is 16.1. The quantitative estimate of drug-likeness (QED) is 0.241. The summed E-state index contributed by atoms with van der Waals surface area (Å²) in [4.78, 5) is 51.5. The van der Waals surface area contributed by atoms with E-state index >= 15 is 0 Å². The maximum atomic E-state index is 10.8. The lowest BCUT2D eigenvalue weighted by Crippen LogP contribution is -2.16. The number of carbonyl (C=O) groups is 5. The van der Waals surface area contributed by atoms with Crippen molar-refractivity contribution in [2.24, 2.45) is 0 Å². The molecule has 26 heavy (non-hydrogen) atoms. The van der Waals surface area contributed by atoms with Gasteiger partial charge in [0, 0.05) is 18.9 Å². The number of aliphatic hydroxyl groups excluding tert-OH is 1. The number of ketones is 2. The van der Waals surface area contributed by atoms with Crippen molar-refractivity contribution in [2.75, 3.05) is 21.3 Å². The average Bonchev–Trinajstić information content (AvgIpc) is 2.60. The number of allylic oxidation sites excluding steroid dienone is 1. The molecule has 0 radical (unpaired) electrons. The van der Waals surface area contributed by atoms with Gasteiger partial charge in [0.25, 0.3) is 0 Å². The molecule has 0 fully saturated rings. The van der Waals surface area contributed by atoms with E-state index in [2.05, 4.69) is 14.2 Å². The van der Waals surface area contributed by atoms with Crippen LogP contribution in [0, 0.1) is 0 Å². The largest absolute Gasteiger partial charge is 0.502 e. The number of methoxy groups -OCH3 is 3. The molecule has 9 nitrogen and oxygen atoms in total. The molecule has 0 unspecified atom stereocenters. The third kappa shape index (κ3) is 19.3. The first-order valence-corrected chi connectivity index (χ1v) is 7.78. The van der Waals surface area contributed by atoms with Gasteiger partial charge in [0.1, 0.15) is 5.78 Å². The molecule has 0 aromatic rings. The first-order valence-electron chi connectivity index (χ1n) is 7.78. The fraction of sp³-hybridized carbons (Fsp3) is 0.588. The van der Waals surface area contributed by atoms with Crippen LogP contribution in [0.1, 0.15) is 46.5 Å². The van der Waals surface area contributed by atoms with Gasteiger partial charge in [0.15, 0.2) is 5.78 Å². The van der Waals surface area contributed by atoms with Gasteiger partial charge in [-0.2, -0.15) is 0 Å². The van der Waals surface area contributed by atoms with Gasteiger partial charge in [-0.25, -0.2) is 14.4 Å². The monoisotopic (exact) mass is 376 g/mol. The molecule has 150 valence electrons. The summed E-state index contributed by atoms with van der Waals surface area (Å²) in [7, 11) is 3.36. The van der Waals surface area contributed by atoms with Crippen molar-refractivity contribution in [3.05, 3.63) is 11.8 Å². The van der Waals surface area contributed by atoms with E-state index in [1.165, 1.54) is 0 Å². The van der Waals surface area contributed by atoms with Gasteiger partial charge in [-0.1, -0.05) is 13.8 Å². The highest BCUT2D eigenvalue weighted by molar-refractivity contribution is 6.29. The van der Waals surface area contributed by atoms with Gasteiger partial charge in [0.2, 0.25) is 5.76 Å². The van der Waals surface area contributed by atoms with E-state index in [-0.39, 0.29) is 11.6 Å². The van der Waals surface area contributed by atoms with Crippen LogP contribution in [0.4, 0.5) is 0 Å².